The van der Waals surface area contributed by atoms with E-state index in [4.69, 9.17) is 16.3 Å². The number of halogens is 2. The lowest BCUT2D eigenvalue weighted by Crippen LogP contribution is -2.23. The average Bonchev–Trinajstić information content (AvgIpc) is 2.16. The van der Waals surface area contributed by atoms with Crippen LogP contribution < -0.4 is 4.74 Å². The van der Waals surface area contributed by atoms with Crippen molar-refractivity contribution in [3.05, 3.63) is 28.5 Å². The molecule has 0 spiro atoms. The summed E-state index contributed by atoms with van der Waals surface area (Å²) in [6.07, 6.45) is 0. The van der Waals surface area contributed by atoms with Crippen LogP contribution in [0.4, 0.5) is 4.39 Å². The molecule has 0 amide bonds. The predicted molar refractivity (Wildman–Crippen MR) is 58.1 cm³/mol. The maximum atomic E-state index is 13.5. The van der Waals surface area contributed by atoms with Gasteiger partial charge < -0.3 is 9.84 Å². The highest BCUT2D eigenvalue weighted by atomic mass is 35.5. The van der Waals surface area contributed by atoms with E-state index in [0.717, 1.165) is 0 Å². The molecule has 0 atom stereocenters. The first kappa shape index (κ1) is 12.3. The van der Waals surface area contributed by atoms with Crippen molar-refractivity contribution in [3.8, 4) is 5.75 Å². The molecule has 4 heteroatoms. The molecule has 0 aromatic heterocycles. The zero-order valence-electron chi connectivity index (χ0n) is 8.97. The second-order valence-electron chi connectivity index (χ2n) is 4.01. The summed E-state index contributed by atoms with van der Waals surface area (Å²) in [5, 5.41) is 9.52. The molecule has 0 aliphatic rings. The van der Waals surface area contributed by atoms with E-state index in [0.29, 0.717) is 10.6 Å². The van der Waals surface area contributed by atoms with E-state index >= 15 is 0 Å². The summed E-state index contributed by atoms with van der Waals surface area (Å²) in [7, 11) is 1.39. The van der Waals surface area contributed by atoms with Crippen LogP contribution in [0.15, 0.2) is 12.1 Å². The summed E-state index contributed by atoms with van der Waals surface area (Å²) in [6, 6.07) is 2.80. The van der Waals surface area contributed by atoms with Crippen LogP contribution in [0.2, 0.25) is 5.02 Å². The molecule has 0 saturated carbocycles. The van der Waals surface area contributed by atoms with Gasteiger partial charge in [-0.3, -0.25) is 0 Å². The second kappa shape index (κ2) is 4.37. The van der Waals surface area contributed by atoms with Crippen LogP contribution in [0.5, 0.6) is 5.75 Å². The first-order chi connectivity index (χ1) is 6.92. The van der Waals surface area contributed by atoms with Crippen molar-refractivity contribution in [2.75, 3.05) is 13.7 Å². The van der Waals surface area contributed by atoms with Crippen LogP contribution in [-0.2, 0) is 5.41 Å². The SMILES string of the molecule is COc1c(F)cc(Cl)cc1C(C)(C)CO. The number of benzene rings is 1. The van der Waals surface area contributed by atoms with Crippen LogP contribution >= 0.6 is 11.6 Å². The number of hydrogen-bond acceptors (Lipinski definition) is 2. The molecule has 1 aromatic rings. The molecule has 1 N–H and O–H groups in total. The van der Waals surface area contributed by atoms with Gasteiger partial charge in [-0.2, -0.15) is 0 Å². The highest BCUT2D eigenvalue weighted by Crippen LogP contribution is 2.35. The van der Waals surface area contributed by atoms with E-state index in [1.54, 1.807) is 19.9 Å². The second-order valence-corrected chi connectivity index (χ2v) is 4.45. The van der Waals surface area contributed by atoms with Crippen LogP contribution in [0.3, 0.4) is 0 Å². The van der Waals surface area contributed by atoms with Gasteiger partial charge in [-0.25, -0.2) is 4.39 Å². The van der Waals surface area contributed by atoms with Crippen LogP contribution in [-0.4, -0.2) is 18.8 Å². The first-order valence-electron chi connectivity index (χ1n) is 4.56. The van der Waals surface area contributed by atoms with Crippen molar-refractivity contribution < 1.29 is 14.2 Å². The molecule has 2 nitrogen and oxygen atoms in total. The van der Waals surface area contributed by atoms with Gasteiger partial charge in [0.1, 0.15) is 0 Å². The fourth-order valence-electron chi connectivity index (χ4n) is 1.36. The van der Waals surface area contributed by atoms with Gasteiger partial charge in [-0.1, -0.05) is 25.4 Å². The Morgan fingerprint density at radius 1 is 1.47 bits per heavy atom. The number of ether oxygens (including phenoxy) is 1. The van der Waals surface area contributed by atoms with Gasteiger partial charge in [0, 0.05) is 16.0 Å². The largest absolute Gasteiger partial charge is 0.493 e. The average molecular weight is 233 g/mol. The third kappa shape index (κ3) is 2.41. The molecular formula is C11H14ClFO2. The number of aliphatic hydroxyl groups excluding tert-OH is 1. The number of aliphatic hydroxyl groups is 1. The molecule has 0 saturated heterocycles. The Kier molecular flexibility index (Phi) is 3.58. The molecule has 15 heavy (non-hydrogen) atoms. The highest BCUT2D eigenvalue weighted by molar-refractivity contribution is 6.30. The van der Waals surface area contributed by atoms with E-state index in [1.165, 1.54) is 13.2 Å². The lowest BCUT2D eigenvalue weighted by Gasteiger charge is -2.25. The summed E-state index contributed by atoms with van der Waals surface area (Å²) in [6.45, 7) is 3.48. The Balaban J connectivity index is 3.39. The first-order valence-corrected chi connectivity index (χ1v) is 4.94. The lowest BCUT2D eigenvalue weighted by atomic mass is 9.85. The summed E-state index contributed by atoms with van der Waals surface area (Å²) in [5.74, 6) is -0.375. The monoisotopic (exact) mass is 232 g/mol. The summed E-state index contributed by atoms with van der Waals surface area (Å²) in [5.41, 5.74) is -0.0191. The fraction of sp³-hybridized carbons (Fsp3) is 0.455. The van der Waals surface area contributed by atoms with E-state index in [-0.39, 0.29) is 12.4 Å². The van der Waals surface area contributed by atoms with E-state index in [1.807, 2.05) is 0 Å². The highest BCUT2D eigenvalue weighted by Gasteiger charge is 2.26. The zero-order valence-corrected chi connectivity index (χ0v) is 9.73. The molecule has 84 valence electrons. The lowest BCUT2D eigenvalue weighted by molar-refractivity contribution is 0.214. The van der Waals surface area contributed by atoms with Crippen molar-refractivity contribution in [2.24, 2.45) is 0 Å². The summed E-state index contributed by atoms with van der Waals surface area (Å²) < 4.78 is 18.5. The van der Waals surface area contributed by atoms with Crippen molar-refractivity contribution in [2.45, 2.75) is 19.3 Å². The van der Waals surface area contributed by atoms with E-state index < -0.39 is 11.2 Å². The molecule has 1 rings (SSSR count). The molecule has 0 fully saturated rings. The van der Waals surface area contributed by atoms with Crippen molar-refractivity contribution in [3.63, 3.8) is 0 Å². The predicted octanol–water partition coefficient (Wildman–Crippen LogP) is 2.76. The van der Waals surface area contributed by atoms with Gasteiger partial charge in [-0.15, -0.1) is 0 Å². The minimum absolute atomic E-state index is 0.108. The number of hydrogen-bond donors (Lipinski definition) is 1. The maximum absolute atomic E-state index is 13.5. The Bertz CT molecular complexity index is 364. The van der Waals surface area contributed by atoms with Gasteiger partial charge in [0.05, 0.1) is 13.7 Å². The summed E-state index contributed by atoms with van der Waals surface area (Å²) in [4.78, 5) is 0. The van der Waals surface area contributed by atoms with Crippen LogP contribution in [0, 0.1) is 5.82 Å². The van der Waals surface area contributed by atoms with Gasteiger partial charge in [0.2, 0.25) is 0 Å². The number of rotatable bonds is 3. The van der Waals surface area contributed by atoms with Crippen LogP contribution in [0.1, 0.15) is 19.4 Å². The third-order valence-electron chi connectivity index (χ3n) is 2.34. The Labute approximate surface area is 93.6 Å². The van der Waals surface area contributed by atoms with Crippen molar-refractivity contribution in [1.82, 2.24) is 0 Å². The Hall–Kier alpha value is -0.800. The standard InChI is InChI=1S/C11H14ClFO2/c1-11(2,6-14)8-4-7(12)5-9(13)10(8)15-3/h4-5,14H,6H2,1-3H3. The third-order valence-corrected chi connectivity index (χ3v) is 2.56. The van der Waals surface area contributed by atoms with Gasteiger partial charge >= 0.3 is 0 Å². The van der Waals surface area contributed by atoms with Gasteiger partial charge in [0.25, 0.3) is 0 Å². The van der Waals surface area contributed by atoms with Crippen molar-refractivity contribution >= 4 is 11.6 Å². The van der Waals surface area contributed by atoms with Gasteiger partial charge in [0.15, 0.2) is 11.6 Å². The maximum Gasteiger partial charge on any atom is 0.166 e. The normalized spacial score (nSPS) is 11.6. The van der Waals surface area contributed by atoms with E-state index in [2.05, 4.69) is 0 Å². The quantitative estimate of drug-likeness (QED) is 0.869. The minimum atomic E-state index is -0.586. The Morgan fingerprint density at radius 2 is 2.07 bits per heavy atom. The topological polar surface area (TPSA) is 29.5 Å². The molecule has 0 aliphatic carbocycles. The molecule has 0 unspecified atom stereocenters. The van der Waals surface area contributed by atoms with E-state index in [9.17, 15) is 9.50 Å². The molecule has 0 aliphatic heterocycles. The molecule has 0 heterocycles. The van der Waals surface area contributed by atoms with Crippen molar-refractivity contribution in [1.29, 1.82) is 0 Å². The Morgan fingerprint density at radius 3 is 2.53 bits per heavy atom. The molecule has 0 radical (unpaired) electrons. The molecular weight excluding hydrogens is 219 g/mol. The number of methoxy groups -OCH3 is 1. The molecule has 0 bridgehead atoms. The minimum Gasteiger partial charge on any atom is -0.493 e. The summed E-state index contributed by atoms with van der Waals surface area (Å²) >= 11 is 5.76. The fourth-order valence-corrected chi connectivity index (χ4v) is 1.56. The zero-order chi connectivity index (χ0) is 11.6. The van der Waals surface area contributed by atoms with Gasteiger partial charge in [-0.05, 0) is 12.1 Å². The smallest absolute Gasteiger partial charge is 0.166 e. The van der Waals surface area contributed by atoms with Crippen LogP contribution in [0.25, 0.3) is 0 Å². The molecule has 1 aromatic carbocycles.